The minimum Gasteiger partial charge on any atom is -0.484 e. The monoisotopic (exact) mass is 547 g/mol. The Labute approximate surface area is 199 Å². The van der Waals surface area contributed by atoms with E-state index in [1.54, 1.807) is 20.8 Å². The van der Waals surface area contributed by atoms with Crippen molar-refractivity contribution in [2.45, 2.75) is 44.9 Å². The lowest BCUT2D eigenvalue weighted by atomic mass is 10.2. The number of rotatable bonds is 5. The lowest BCUT2D eigenvalue weighted by Gasteiger charge is -2.37. The van der Waals surface area contributed by atoms with Crippen LogP contribution in [0.15, 0.2) is 27.4 Å². The quantitative estimate of drug-likeness (QED) is 0.562. The zero-order chi connectivity index (χ0) is 23.5. The van der Waals surface area contributed by atoms with E-state index < -0.39 is 32.5 Å². The first kappa shape index (κ1) is 24.5. The molecule has 0 unspecified atom stereocenters. The summed E-state index contributed by atoms with van der Waals surface area (Å²) < 4.78 is 29.9. The summed E-state index contributed by atoms with van der Waals surface area (Å²) in [6, 6.07) is 4.15. The van der Waals surface area contributed by atoms with Gasteiger partial charge in [0.2, 0.25) is 11.8 Å². The number of carbonyl (C=O) groups excluding carboxylic acids is 2. The topological polar surface area (TPSA) is 107 Å². The van der Waals surface area contributed by atoms with Crippen LogP contribution in [0.25, 0.3) is 0 Å². The Balaban J connectivity index is 1.63. The van der Waals surface area contributed by atoms with Crippen molar-refractivity contribution in [3.8, 4) is 5.75 Å². The van der Waals surface area contributed by atoms with Gasteiger partial charge in [-0.2, -0.15) is 0 Å². The van der Waals surface area contributed by atoms with Gasteiger partial charge in [0.25, 0.3) is 4.80 Å². The summed E-state index contributed by atoms with van der Waals surface area (Å²) in [5.41, 5.74) is -0.688. The second kappa shape index (κ2) is 10.2. The Bertz CT molecular complexity index is 989. The van der Waals surface area contributed by atoms with Crippen molar-refractivity contribution >= 4 is 48.5 Å². The van der Waals surface area contributed by atoms with Crippen LogP contribution in [0.4, 0.5) is 9.18 Å². The fraction of sp³-hybridized carbons (Fsp3) is 0.474. The fourth-order valence-electron chi connectivity index (χ4n) is 3.03. The lowest BCUT2D eigenvalue weighted by Crippen LogP contribution is -2.55. The van der Waals surface area contributed by atoms with Gasteiger partial charge in [-0.15, -0.1) is 10.2 Å². The number of halogens is 3. The van der Waals surface area contributed by atoms with Crippen LogP contribution in [0.1, 0.15) is 39.1 Å². The van der Waals surface area contributed by atoms with Crippen molar-refractivity contribution in [3.05, 3.63) is 39.7 Å². The van der Waals surface area contributed by atoms with E-state index in [9.17, 15) is 14.0 Å². The van der Waals surface area contributed by atoms with Gasteiger partial charge in [0.05, 0.1) is 5.02 Å². The molecule has 1 aromatic heterocycles. The molecule has 2 amide bonds. The molecule has 2 aromatic rings. The van der Waals surface area contributed by atoms with Crippen molar-refractivity contribution in [1.82, 2.24) is 20.1 Å². The van der Waals surface area contributed by atoms with Crippen LogP contribution >= 0.6 is 27.5 Å². The Morgan fingerprint density at radius 2 is 2.16 bits per heavy atom. The molecule has 2 heterocycles. The van der Waals surface area contributed by atoms with Gasteiger partial charge >= 0.3 is 6.09 Å². The second-order valence-electron chi connectivity index (χ2n) is 8.07. The molecule has 9 nitrogen and oxygen atoms in total. The zero-order valence-corrected chi connectivity index (χ0v) is 21.0. The Kier molecular flexibility index (Phi) is 7.78. The molecule has 1 atom stereocenters. The first-order valence-corrected chi connectivity index (χ1v) is 12.8. The number of aromatic nitrogens is 2. The molecule has 1 aromatic carbocycles. The second-order valence-corrected chi connectivity index (χ2v) is 11.4. The average molecular weight is 549 g/mol. The maximum absolute atomic E-state index is 13.5. The van der Waals surface area contributed by atoms with Gasteiger partial charge in [0, 0.05) is 28.2 Å². The predicted octanol–water partition coefficient (Wildman–Crippen LogP) is 4.03. The highest BCUT2D eigenvalue weighted by atomic mass is 79.9. The third-order valence-corrected chi connectivity index (χ3v) is 7.24. The molecule has 0 aliphatic carbocycles. The molecular weight excluding hydrogens is 527 g/mol. The maximum atomic E-state index is 13.5. The normalized spacial score (nSPS) is 17.2. The van der Waals surface area contributed by atoms with E-state index in [1.807, 2.05) is 0 Å². The summed E-state index contributed by atoms with van der Waals surface area (Å²) in [6.45, 7) is 5.04. The van der Waals surface area contributed by atoms with Crippen LogP contribution < -0.4 is 9.72 Å². The minimum absolute atomic E-state index is 0.0282. The van der Waals surface area contributed by atoms with Crippen molar-refractivity contribution in [3.63, 3.8) is 0 Å². The molecule has 1 aliphatic rings. The summed E-state index contributed by atoms with van der Waals surface area (Å²) in [7, 11) is -1.50. The Morgan fingerprint density at radius 3 is 2.78 bits per heavy atom. The van der Waals surface area contributed by atoms with E-state index in [-0.39, 0.29) is 34.3 Å². The highest BCUT2D eigenvalue weighted by Gasteiger charge is 2.39. The standard InChI is InChI=1S/C19H22BrClFN4O5Si/c1-19(2,3)31-18(28)26-10-32(7-6-14(26)16-23-24-17(20)30-16)25-15(27)9-29-11-4-5-12(21)13(22)8-11/h4-5,8,14H,6-7,9-10H2,1-3H3,(H,25,27)/t14-/m1/s1. The molecule has 0 bridgehead atoms. The number of carbonyl (C=O) groups is 2. The molecule has 1 aliphatic heterocycles. The van der Waals surface area contributed by atoms with Gasteiger partial charge in [-0.05, 0) is 45.4 Å². The smallest absolute Gasteiger partial charge is 0.410 e. The van der Waals surface area contributed by atoms with Gasteiger partial charge in [-0.3, -0.25) is 9.69 Å². The summed E-state index contributed by atoms with van der Waals surface area (Å²) >= 11 is 8.77. The predicted molar refractivity (Wildman–Crippen MR) is 118 cm³/mol. The lowest BCUT2D eigenvalue weighted by molar-refractivity contribution is -0.121. The summed E-state index contributed by atoms with van der Waals surface area (Å²) in [5.74, 6) is -0.503. The number of hydrogen-bond acceptors (Lipinski definition) is 7. The molecule has 0 spiro atoms. The van der Waals surface area contributed by atoms with E-state index >= 15 is 0 Å². The molecular formula is C19H22BrClFN4O5Si. The molecule has 1 N–H and O–H groups in total. The van der Waals surface area contributed by atoms with E-state index in [2.05, 4.69) is 31.1 Å². The molecule has 1 saturated heterocycles. The van der Waals surface area contributed by atoms with Crippen molar-refractivity contribution in [1.29, 1.82) is 0 Å². The zero-order valence-electron chi connectivity index (χ0n) is 17.7. The van der Waals surface area contributed by atoms with Crippen LogP contribution in [0.3, 0.4) is 0 Å². The fourth-order valence-corrected chi connectivity index (χ4v) is 5.61. The van der Waals surface area contributed by atoms with Gasteiger partial charge in [-0.25, -0.2) is 9.18 Å². The van der Waals surface area contributed by atoms with Crippen LogP contribution in [-0.4, -0.2) is 54.4 Å². The summed E-state index contributed by atoms with van der Waals surface area (Å²) in [4.78, 5) is 29.9. The van der Waals surface area contributed by atoms with Gasteiger partial charge in [0.15, 0.2) is 15.6 Å². The van der Waals surface area contributed by atoms with E-state index in [4.69, 9.17) is 25.5 Å². The third kappa shape index (κ3) is 6.66. The highest BCUT2D eigenvalue weighted by molar-refractivity contribution is 9.10. The summed E-state index contributed by atoms with van der Waals surface area (Å²) in [5, 5.41) is 7.75. The molecule has 1 radical (unpaired) electrons. The SMILES string of the molecule is CC(C)(C)OC(=O)N1C[Si](NC(=O)COc2ccc(Cl)c(F)c2)CC[C@@H]1c1nnc(Br)o1. The number of benzene rings is 1. The first-order chi connectivity index (χ1) is 15.0. The first-order valence-electron chi connectivity index (χ1n) is 9.73. The largest absolute Gasteiger partial charge is 0.484 e. The van der Waals surface area contributed by atoms with Gasteiger partial charge < -0.3 is 18.9 Å². The number of nitrogens with zero attached hydrogens (tertiary/aromatic N) is 3. The number of nitrogens with one attached hydrogen (secondary N) is 1. The maximum Gasteiger partial charge on any atom is 0.410 e. The average Bonchev–Trinajstić information content (AvgIpc) is 3.13. The molecule has 13 heteroatoms. The van der Waals surface area contributed by atoms with E-state index in [0.717, 1.165) is 6.07 Å². The number of hydrogen-bond donors (Lipinski definition) is 1. The Morgan fingerprint density at radius 1 is 1.41 bits per heavy atom. The van der Waals surface area contributed by atoms with Crippen molar-refractivity contribution in [2.24, 2.45) is 0 Å². The van der Waals surface area contributed by atoms with E-state index in [0.29, 0.717) is 18.4 Å². The molecule has 3 rings (SSSR count). The molecule has 0 saturated carbocycles. The van der Waals surface area contributed by atoms with Crippen LogP contribution in [0.2, 0.25) is 11.1 Å². The third-order valence-electron chi connectivity index (χ3n) is 4.36. The molecule has 173 valence electrons. The van der Waals surface area contributed by atoms with Gasteiger partial charge in [-0.1, -0.05) is 11.6 Å². The highest BCUT2D eigenvalue weighted by Crippen LogP contribution is 2.32. The minimum atomic E-state index is -1.50. The van der Waals surface area contributed by atoms with Crippen molar-refractivity contribution < 1.29 is 27.9 Å². The molecule has 32 heavy (non-hydrogen) atoms. The number of ether oxygens (including phenoxy) is 2. The molecule has 1 fully saturated rings. The van der Waals surface area contributed by atoms with Crippen molar-refractivity contribution in [2.75, 3.05) is 12.8 Å². The van der Waals surface area contributed by atoms with Crippen LogP contribution in [0, 0.1) is 5.82 Å². The van der Waals surface area contributed by atoms with Crippen LogP contribution in [0.5, 0.6) is 5.75 Å². The number of amides is 2. The van der Waals surface area contributed by atoms with Crippen LogP contribution in [-0.2, 0) is 9.53 Å². The van der Waals surface area contributed by atoms with Gasteiger partial charge in [0.1, 0.15) is 23.2 Å². The summed E-state index contributed by atoms with van der Waals surface area (Å²) in [6.07, 6.45) is 0.276. The van der Waals surface area contributed by atoms with E-state index in [1.165, 1.54) is 17.0 Å². The Hall–Kier alpha value is -2.18.